The maximum absolute atomic E-state index is 3.39. The molecular weight excluding hydrogens is 142 g/mol. The highest BCUT2D eigenvalue weighted by atomic mass is 32.2. The van der Waals surface area contributed by atoms with Crippen molar-refractivity contribution in [2.24, 2.45) is 5.92 Å². The Labute approximate surface area is 68.0 Å². The highest BCUT2D eigenvalue weighted by Gasteiger charge is 2.13. The molecule has 1 heterocycles. The first-order valence-electron chi connectivity index (χ1n) is 4.22. The third-order valence-electron chi connectivity index (χ3n) is 1.86. The Morgan fingerprint density at radius 1 is 1.60 bits per heavy atom. The summed E-state index contributed by atoms with van der Waals surface area (Å²) in [7, 11) is 0. The second-order valence-electron chi connectivity index (χ2n) is 2.93. The molecule has 1 aliphatic heterocycles. The van der Waals surface area contributed by atoms with Gasteiger partial charge in [0.1, 0.15) is 0 Å². The van der Waals surface area contributed by atoms with Crippen molar-refractivity contribution < 1.29 is 0 Å². The lowest BCUT2D eigenvalue weighted by atomic mass is 10.2. The van der Waals surface area contributed by atoms with E-state index in [1.165, 1.54) is 37.4 Å². The summed E-state index contributed by atoms with van der Waals surface area (Å²) in [5, 5.41) is 3.39. The molecule has 60 valence electrons. The van der Waals surface area contributed by atoms with Gasteiger partial charge in [-0.05, 0) is 43.4 Å². The Bertz CT molecular complexity index is 79.3. The molecule has 1 unspecified atom stereocenters. The number of hydrogen-bond acceptors (Lipinski definition) is 2. The van der Waals surface area contributed by atoms with E-state index in [2.05, 4.69) is 24.0 Å². The second kappa shape index (κ2) is 5.03. The van der Waals surface area contributed by atoms with Crippen LogP contribution in [-0.4, -0.2) is 24.6 Å². The van der Waals surface area contributed by atoms with E-state index in [9.17, 15) is 0 Å². The molecule has 1 fully saturated rings. The summed E-state index contributed by atoms with van der Waals surface area (Å²) in [4.78, 5) is 0. The lowest BCUT2D eigenvalue weighted by Gasteiger charge is -2.05. The molecule has 1 rings (SSSR count). The third-order valence-corrected chi connectivity index (χ3v) is 3.27. The second-order valence-corrected chi connectivity index (χ2v) is 4.08. The van der Waals surface area contributed by atoms with Crippen LogP contribution in [-0.2, 0) is 0 Å². The Balaban J connectivity index is 1.91. The molecule has 1 N–H and O–H groups in total. The van der Waals surface area contributed by atoms with Gasteiger partial charge < -0.3 is 5.32 Å². The maximum atomic E-state index is 3.39. The standard InChI is InChI=1S/C8H17NS/c1-2-5-10-7-8-3-4-9-6-8/h8-9H,2-7H2,1H3. The summed E-state index contributed by atoms with van der Waals surface area (Å²) >= 11 is 2.11. The van der Waals surface area contributed by atoms with E-state index in [0.29, 0.717) is 0 Å². The molecule has 0 aliphatic carbocycles. The van der Waals surface area contributed by atoms with Crippen LogP contribution in [0.2, 0.25) is 0 Å². The molecule has 0 saturated carbocycles. The molecule has 0 aromatic carbocycles. The fraction of sp³-hybridized carbons (Fsp3) is 1.00. The van der Waals surface area contributed by atoms with Crippen LogP contribution in [0, 0.1) is 5.92 Å². The molecule has 0 bridgehead atoms. The molecule has 0 aromatic heterocycles. The van der Waals surface area contributed by atoms with Gasteiger partial charge in [0.15, 0.2) is 0 Å². The fourth-order valence-corrected chi connectivity index (χ4v) is 2.32. The molecule has 1 nitrogen and oxygen atoms in total. The zero-order valence-electron chi connectivity index (χ0n) is 6.73. The molecule has 1 aliphatic rings. The van der Waals surface area contributed by atoms with Crippen LogP contribution in [0.3, 0.4) is 0 Å². The van der Waals surface area contributed by atoms with Crippen LogP contribution in [0.25, 0.3) is 0 Å². The van der Waals surface area contributed by atoms with Gasteiger partial charge in [-0.1, -0.05) is 6.92 Å². The van der Waals surface area contributed by atoms with Crippen molar-refractivity contribution in [1.29, 1.82) is 0 Å². The highest BCUT2D eigenvalue weighted by Crippen LogP contribution is 2.15. The van der Waals surface area contributed by atoms with Crippen LogP contribution in [0.15, 0.2) is 0 Å². The van der Waals surface area contributed by atoms with Crippen molar-refractivity contribution in [2.75, 3.05) is 24.6 Å². The van der Waals surface area contributed by atoms with E-state index in [0.717, 1.165) is 5.92 Å². The highest BCUT2D eigenvalue weighted by molar-refractivity contribution is 7.99. The van der Waals surface area contributed by atoms with Crippen molar-refractivity contribution in [3.05, 3.63) is 0 Å². The van der Waals surface area contributed by atoms with Crippen molar-refractivity contribution >= 4 is 11.8 Å². The van der Waals surface area contributed by atoms with E-state index >= 15 is 0 Å². The molecule has 0 aromatic rings. The van der Waals surface area contributed by atoms with Crippen LogP contribution < -0.4 is 5.32 Å². The average Bonchev–Trinajstić information content (AvgIpc) is 2.41. The minimum absolute atomic E-state index is 0.969. The van der Waals surface area contributed by atoms with Gasteiger partial charge in [0.05, 0.1) is 0 Å². The summed E-state index contributed by atoms with van der Waals surface area (Å²) < 4.78 is 0. The molecule has 0 spiro atoms. The maximum Gasteiger partial charge on any atom is -0.00121 e. The molecule has 1 saturated heterocycles. The van der Waals surface area contributed by atoms with Gasteiger partial charge in [-0.15, -0.1) is 0 Å². The monoisotopic (exact) mass is 159 g/mol. The Hall–Kier alpha value is 0.310. The summed E-state index contributed by atoms with van der Waals surface area (Å²) in [5.41, 5.74) is 0. The number of thioether (sulfide) groups is 1. The minimum atomic E-state index is 0.969. The largest absolute Gasteiger partial charge is 0.316 e. The normalized spacial score (nSPS) is 25.5. The van der Waals surface area contributed by atoms with Gasteiger partial charge in [0.25, 0.3) is 0 Å². The predicted molar refractivity (Wildman–Crippen MR) is 48.6 cm³/mol. The van der Waals surface area contributed by atoms with Gasteiger partial charge >= 0.3 is 0 Å². The quantitative estimate of drug-likeness (QED) is 0.627. The summed E-state index contributed by atoms with van der Waals surface area (Å²) in [5.74, 6) is 3.69. The summed E-state index contributed by atoms with van der Waals surface area (Å²) in [6.45, 7) is 4.76. The molecule has 0 amide bonds. The van der Waals surface area contributed by atoms with E-state index in [-0.39, 0.29) is 0 Å². The van der Waals surface area contributed by atoms with Crippen LogP contribution >= 0.6 is 11.8 Å². The molecule has 1 atom stereocenters. The van der Waals surface area contributed by atoms with Crippen LogP contribution in [0.1, 0.15) is 19.8 Å². The van der Waals surface area contributed by atoms with Gasteiger partial charge in [-0.25, -0.2) is 0 Å². The predicted octanol–water partition coefficient (Wildman–Crippen LogP) is 1.74. The molecule has 10 heavy (non-hydrogen) atoms. The summed E-state index contributed by atoms with van der Waals surface area (Å²) in [6.07, 6.45) is 2.72. The van der Waals surface area contributed by atoms with E-state index in [1.54, 1.807) is 0 Å². The van der Waals surface area contributed by atoms with E-state index < -0.39 is 0 Å². The van der Waals surface area contributed by atoms with Crippen molar-refractivity contribution in [1.82, 2.24) is 5.32 Å². The van der Waals surface area contributed by atoms with Gasteiger partial charge in [0.2, 0.25) is 0 Å². The lowest BCUT2D eigenvalue weighted by molar-refractivity contribution is 0.662. The number of hydrogen-bond donors (Lipinski definition) is 1. The van der Waals surface area contributed by atoms with Crippen molar-refractivity contribution in [3.8, 4) is 0 Å². The number of nitrogens with one attached hydrogen (secondary N) is 1. The first kappa shape index (κ1) is 8.41. The first-order chi connectivity index (χ1) is 4.93. The Morgan fingerprint density at radius 2 is 2.50 bits per heavy atom. The molecular formula is C8H17NS. The first-order valence-corrected chi connectivity index (χ1v) is 5.37. The molecule has 0 radical (unpaired) electrons. The zero-order chi connectivity index (χ0) is 7.23. The number of rotatable bonds is 4. The summed E-state index contributed by atoms with van der Waals surface area (Å²) in [6, 6.07) is 0. The SMILES string of the molecule is CCCSCC1CCNC1. The third kappa shape index (κ3) is 2.93. The van der Waals surface area contributed by atoms with Gasteiger partial charge in [0, 0.05) is 0 Å². The fourth-order valence-electron chi connectivity index (χ4n) is 1.25. The lowest BCUT2D eigenvalue weighted by Crippen LogP contribution is -2.10. The van der Waals surface area contributed by atoms with Crippen LogP contribution in [0.4, 0.5) is 0 Å². The van der Waals surface area contributed by atoms with Crippen molar-refractivity contribution in [3.63, 3.8) is 0 Å². The van der Waals surface area contributed by atoms with Crippen molar-refractivity contribution in [2.45, 2.75) is 19.8 Å². The van der Waals surface area contributed by atoms with E-state index in [4.69, 9.17) is 0 Å². The zero-order valence-corrected chi connectivity index (χ0v) is 7.54. The minimum Gasteiger partial charge on any atom is -0.316 e. The topological polar surface area (TPSA) is 12.0 Å². The smallest absolute Gasteiger partial charge is 0.00121 e. The molecule has 2 heteroatoms. The Morgan fingerprint density at radius 3 is 3.10 bits per heavy atom. The van der Waals surface area contributed by atoms with Gasteiger partial charge in [-0.3, -0.25) is 0 Å². The average molecular weight is 159 g/mol. The Kier molecular flexibility index (Phi) is 4.23. The van der Waals surface area contributed by atoms with E-state index in [1.807, 2.05) is 0 Å². The van der Waals surface area contributed by atoms with Gasteiger partial charge in [-0.2, -0.15) is 11.8 Å². The van der Waals surface area contributed by atoms with Crippen LogP contribution in [0.5, 0.6) is 0 Å².